The van der Waals surface area contributed by atoms with E-state index in [1.54, 1.807) is 24.3 Å². The van der Waals surface area contributed by atoms with Gasteiger partial charge in [0.25, 0.3) is 0 Å². The molecule has 1 aromatic heterocycles. The second-order valence-corrected chi connectivity index (χ2v) is 9.00. The second kappa shape index (κ2) is 8.57. The Labute approximate surface area is 180 Å². The van der Waals surface area contributed by atoms with Gasteiger partial charge in [-0.2, -0.15) is 0 Å². The molecule has 0 amide bonds. The van der Waals surface area contributed by atoms with Gasteiger partial charge in [-0.3, -0.25) is 9.69 Å². The van der Waals surface area contributed by atoms with E-state index in [0.717, 1.165) is 43.2 Å². The van der Waals surface area contributed by atoms with Crippen LogP contribution >= 0.6 is 22.9 Å². The second-order valence-electron chi connectivity index (χ2n) is 7.31. The van der Waals surface area contributed by atoms with E-state index in [1.165, 1.54) is 17.0 Å². The maximum atomic E-state index is 13.1. The van der Waals surface area contributed by atoms with Crippen molar-refractivity contribution in [3.63, 3.8) is 0 Å². The number of hydrogen-bond acceptors (Lipinski definition) is 5. The lowest BCUT2D eigenvalue weighted by atomic mass is 9.99. The number of piperazine rings is 1. The normalized spacial score (nSPS) is 14.9. The van der Waals surface area contributed by atoms with E-state index in [1.807, 2.05) is 6.07 Å². The number of benzene rings is 2. The van der Waals surface area contributed by atoms with Gasteiger partial charge in [-0.05, 0) is 48.9 Å². The van der Waals surface area contributed by atoms with E-state index < -0.39 is 0 Å². The minimum absolute atomic E-state index is 0.0264. The van der Waals surface area contributed by atoms with Crippen LogP contribution < -0.4 is 10.6 Å². The van der Waals surface area contributed by atoms with Gasteiger partial charge < -0.3 is 10.6 Å². The highest BCUT2D eigenvalue weighted by atomic mass is 35.5. The summed E-state index contributed by atoms with van der Waals surface area (Å²) in [5.74, 6) is -0.0264. The molecule has 2 heterocycles. The molecule has 0 unspecified atom stereocenters. The van der Waals surface area contributed by atoms with Gasteiger partial charge in [0.15, 0.2) is 5.78 Å². The molecule has 150 valence electrons. The fourth-order valence-corrected chi connectivity index (χ4v) is 4.88. The summed E-state index contributed by atoms with van der Waals surface area (Å²) in [6, 6.07) is 17.5. The van der Waals surface area contributed by atoms with Gasteiger partial charge in [0, 0.05) is 53.9 Å². The number of hydrogen-bond donors (Lipinski definition) is 1. The molecule has 1 saturated heterocycles. The van der Waals surface area contributed by atoms with Gasteiger partial charge in [0.1, 0.15) is 0 Å². The smallest absolute Gasteiger partial charge is 0.196 e. The van der Waals surface area contributed by atoms with Crippen LogP contribution in [0, 0.1) is 6.92 Å². The van der Waals surface area contributed by atoms with Gasteiger partial charge in [-0.15, -0.1) is 11.3 Å². The third kappa shape index (κ3) is 4.32. The van der Waals surface area contributed by atoms with Gasteiger partial charge in [-0.25, -0.2) is 0 Å². The number of anilines is 2. The number of thiophene rings is 1. The minimum atomic E-state index is -0.0264. The Morgan fingerprint density at radius 1 is 1.03 bits per heavy atom. The van der Waals surface area contributed by atoms with Crippen LogP contribution in [0.3, 0.4) is 0 Å². The molecule has 1 aliphatic heterocycles. The third-order valence-electron chi connectivity index (χ3n) is 5.45. The monoisotopic (exact) mass is 425 g/mol. The molecule has 1 aliphatic rings. The van der Waals surface area contributed by atoms with Crippen LogP contribution in [0.2, 0.25) is 5.02 Å². The Morgan fingerprint density at radius 2 is 1.69 bits per heavy atom. The molecular formula is C23H24ClN3OS. The molecule has 4 rings (SSSR count). The number of carbonyl (C=O) groups is 1. The van der Waals surface area contributed by atoms with Crippen LogP contribution in [-0.2, 0) is 6.54 Å². The summed E-state index contributed by atoms with van der Waals surface area (Å²) in [4.78, 5) is 19.1. The number of aryl methyl sites for hydroxylation is 1. The highest BCUT2D eigenvalue weighted by Crippen LogP contribution is 2.33. The number of nitrogens with zero attached hydrogens (tertiary/aromatic N) is 2. The largest absolute Gasteiger partial charge is 0.390 e. The molecule has 3 aromatic rings. The van der Waals surface area contributed by atoms with Gasteiger partial charge in [0.2, 0.25) is 0 Å². The van der Waals surface area contributed by atoms with Crippen molar-refractivity contribution in [1.29, 1.82) is 0 Å². The summed E-state index contributed by atoms with van der Waals surface area (Å²) in [5.41, 5.74) is 9.85. The molecule has 6 heteroatoms. The topological polar surface area (TPSA) is 49.6 Å². The molecule has 1 fully saturated rings. The van der Waals surface area contributed by atoms with E-state index in [-0.39, 0.29) is 5.78 Å². The van der Waals surface area contributed by atoms with Crippen molar-refractivity contribution in [2.24, 2.45) is 0 Å². The number of carbonyl (C=O) groups excluding carboxylic acids is 1. The van der Waals surface area contributed by atoms with Crippen LogP contribution in [-0.4, -0.2) is 36.9 Å². The quantitative estimate of drug-likeness (QED) is 0.594. The molecule has 0 aliphatic carbocycles. The van der Waals surface area contributed by atoms with E-state index in [2.05, 4.69) is 41.0 Å². The Morgan fingerprint density at radius 3 is 2.34 bits per heavy atom. The molecule has 2 aromatic carbocycles. The highest BCUT2D eigenvalue weighted by molar-refractivity contribution is 7.16. The van der Waals surface area contributed by atoms with E-state index in [9.17, 15) is 4.79 Å². The van der Waals surface area contributed by atoms with E-state index in [4.69, 9.17) is 17.3 Å². The molecule has 0 radical (unpaired) electrons. The highest BCUT2D eigenvalue weighted by Gasteiger charge is 2.25. The first-order valence-corrected chi connectivity index (χ1v) is 10.9. The van der Waals surface area contributed by atoms with Crippen molar-refractivity contribution < 1.29 is 4.79 Å². The zero-order valence-corrected chi connectivity index (χ0v) is 18.0. The molecule has 4 nitrogen and oxygen atoms in total. The summed E-state index contributed by atoms with van der Waals surface area (Å²) in [7, 11) is 0. The maximum absolute atomic E-state index is 13.1. The van der Waals surface area contributed by atoms with Crippen molar-refractivity contribution in [2.45, 2.75) is 13.5 Å². The lowest BCUT2D eigenvalue weighted by Gasteiger charge is -2.36. The first-order chi connectivity index (χ1) is 14.0. The maximum Gasteiger partial charge on any atom is 0.196 e. The predicted octanol–water partition coefficient (Wildman–Crippen LogP) is 4.85. The van der Waals surface area contributed by atoms with Gasteiger partial charge in [0.05, 0.1) is 10.6 Å². The van der Waals surface area contributed by atoms with Gasteiger partial charge >= 0.3 is 0 Å². The fraction of sp³-hybridized carbons (Fsp3) is 0.261. The molecular weight excluding hydrogens is 402 g/mol. The first-order valence-electron chi connectivity index (χ1n) is 9.73. The summed E-state index contributed by atoms with van der Waals surface area (Å²) in [6.07, 6.45) is 0. The molecule has 0 spiro atoms. The summed E-state index contributed by atoms with van der Waals surface area (Å²) >= 11 is 7.47. The van der Waals surface area contributed by atoms with Crippen molar-refractivity contribution in [2.75, 3.05) is 36.8 Å². The summed E-state index contributed by atoms with van der Waals surface area (Å²) in [6.45, 7) is 6.66. The van der Waals surface area contributed by atoms with Crippen LogP contribution in [0.15, 0.2) is 54.6 Å². The number of halogens is 1. The van der Waals surface area contributed by atoms with Crippen molar-refractivity contribution >= 4 is 39.4 Å². The molecule has 0 saturated carbocycles. The molecule has 0 atom stereocenters. The van der Waals surface area contributed by atoms with Crippen LogP contribution in [0.25, 0.3) is 0 Å². The predicted molar refractivity (Wildman–Crippen MR) is 122 cm³/mol. The Balaban J connectivity index is 1.50. The van der Waals surface area contributed by atoms with E-state index in [0.29, 0.717) is 21.2 Å². The average molecular weight is 426 g/mol. The average Bonchev–Trinajstić information content (AvgIpc) is 3.02. The van der Waals surface area contributed by atoms with Crippen molar-refractivity contribution in [3.8, 4) is 0 Å². The Kier molecular flexibility index (Phi) is 5.90. The van der Waals surface area contributed by atoms with Crippen LogP contribution in [0.1, 0.15) is 26.4 Å². The van der Waals surface area contributed by atoms with Gasteiger partial charge in [-0.1, -0.05) is 29.8 Å². The lowest BCUT2D eigenvalue weighted by Crippen LogP contribution is -2.46. The Hall–Kier alpha value is -2.34. The number of nitrogen functional groups attached to an aromatic ring is 1. The Bertz CT molecular complexity index is 993. The molecule has 2 N–H and O–H groups in total. The standard InChI is InChI=1S/C23H24ClN3OS/c1-16-20(15-26-11-13-27(14-12-26)19-5-3-2-4-6-19)21(23(25)29-16)22(28)17-7-9-18(24)10-8-17/h2-10H,11-15,25H2,1H3. The number of rotatable bonds is 5. The number of nitrogens with two attached hydrogens (primary N) is 1. The first kappa shape index (κ1) is 20.0. The van der Waals surface area contributed by atoms with Crippen LogP contribution in [0.5, 0.6) is 0 Å². The summed E-state index contributed by atoms with van der Waals surface area (Å²) in [5, 5.41) is 1.22. The van der Waals surface area contributed by atoms with Crippen molar-refractivity contribution in [3.05, 3.63) is 81.2 Å². The zero-order chi connectivity index (χ0) is 20.4. The van der Waals surface area contributed by atoms with E-state index >= 15 is 0 Å². The minimum Gasteiger partial charge on any atom is -0.390 e. The number of ketones is 1. The lowest BCUT2D eigenvalue weighted by molar-refractivity contribution is 0.103. The zero-order valence-electron chi connectivity index (χ0n) is 16.4. The summed E-state index contributed by atoms with van der Waals surface area (Å²) < 4.78 is 0. The fourth-order valence-electron chi connectivity index (χ4n) is 3.81. The molecule has 0 bridgehead atoms. The molecule has 29 heavy (non-hydrogen) atoms. The van der Waals surface area contributed by atoms with Crippen LogP contribution in [0.4, 0.5) is 10.7 Å². The SMILES string of the molecule is Cc1sc(N)c(C(=O)c2ccc(Cl)cc2)c1CN1CCN(c2ccccc2)CC1. The van der Waals surface area contributed by atoms with Crippen molar-refractivity contribution in [1.82, 2.24) is 4.90 Å². The number of para-hydroxylation sites is 1. The third-order valence-corrected chi connectivity index (χ3v) is 6.67.